The van der Waals surface area contributed by atoms with Gasteiger partial charge < -0.3 is 4.98 Å². The van der Waals surface area contributed by atoms with E-state index >= 15 is 8.78 Å². The summed E-state index contributed by atoms with van der Waals surface area (Å²) in [5.74, 6) is -1.32. The summed E-state index contributed by atoms with van der Waals surface area (Å²) in [4.78, 5) is 5.29. The first-order valence-corrected chi connectivity index (χ1v) is 11.5. The second kappa shape index (κ2) is 8.22. The first-order chi connectivity index (χ1) is 16.2. The Morgan fingerprint density at radius 3 is 2.59 bits per heavy atom. The van der Waals surface area contributed by atoms with E-state index in [1.54, 1.807) is 6.07 Å². The monoisotopic (exact) mass is 461 g/mol. The molecule has 176 valence electrons. The standard InChI is InChI=1S/C28H29F2N3O/c1-17-15-31-27-19(17)11-8-12-20(27)25-22(29)14-23-21(26(25)30)13-24(28(2,3)33(23)34)32(4)16-18-9-6-5-7-10-18/h5-12,14-15,24,31,34H,13,16H2,1-4H3/t24-/m0/s1. The van der Waals surface area contributed by atoms with Crippen molar-refractivity contribution in [2.75, 3.05) is 12.1 Å². The molecule has 0 spiro atoms. The second-order valence-corrected chi connectivity index (χ2v) is 9.83. The summed E-state index contributed by atoms with van der Waals surface area (Å²) < 4.78 is 31.5. The number of para-hydroxylation sites is 1. The van der Waals surface area contributed by atoms with Gasteiger partial charge in [-0.25, -0.2) is 13.8 Å². The molecular weight excluding hydrogens is 432 g/mol. The number of nitrogens with one attached hydrogen (secondary N) is 1. The largest absolute Gasteiger partial charge is 0.360 e. The molecule has 1 aromatic heterocycles. The lowest BCUT2D eigenvalue weighted by molar-refractivity contribution is 0.0682. The molecule has 6 heteroatoms. The van der Waals surface area contributed by atoms with Gasteiger partial charge in [0.05, 0.1) is 22.3 Å². The van der Waals surface area contributed by atoms with Crippen LogP contribution < -0.4 is 5.06 Å². The van der Waals surface area contributed by atoms with E-state index in [0.717, 1.165) is 21.6 Å². The third-order valence-electron chi connectivity index (χ3n) is 7.28. The van der Waals surface area contributed by atoms with Crippen LogP contribution in [0.4, 0.5) is 14.5 Å². The Balaban J connectivity index is 1.61. The van der Waals surface area contributed by atoms with Crippen molar-refractivity contribution in [2.45, 2.75) is 45.3 Å². The quantitative estimate of drug-likeness (QED) is 0.367. The Bertz CT molecular complexity index is 1360. The van der Waals surface area contributed by atoms with Crippen molar-refractivity contribution in [3.8, 4) is 11.1 Å². The molecule has 4 nitrogen and oxygen atoms in total. The summed E-state index contributed by atoms with van der Waals surface area (Å²) in [6, 6.07) is 16.6. The number of aryl methyl sites for hydroxylation is 1. The molecule has 1 aliphatic heterocycles. The van der Waals surface area contributed by atoms with Gasteiger partial charge in [0, 0.05) is 41.4 Å². The summed E-state index contributed by atoms with van der Waals surface area (Å²) in [7, 11) is 1.98. The second-order valence-electron chi connectivity index (χ2n) is 9.83. The molecule has 0 saturated heterocycles. The molecular formula is C28H29F2N3O. The highest BCUT2D eigenvalue weighted by atomic mass is 19.1. The number of benzene rings is 3. The first-order valence-electron chi connectivity index (χ1n) is 11.5. The van der Waals surface area contributed by atoms with E-state index in [-0.39, 0.29) is 17.3 Å². The van der Waals surface area contributed by atoms with Crippen LogP contribution in [0.25, 0.3) is 22.0 Å². The van der Waals surface area contributed by atoms with Crippen LogP contribution in [0.15, 0.2) is 60.8 Å². The Morgan fingerprint density at radius 1 is 1.12 bits per heavy atom. The zero-order valence-corrected chi connectivity index (χ0v) is 19.9. The van der Waals surface area contributed by atoms with Gasteiger partial charge in [-0.1, -0.05) is 48.5 Å². The number of fused-ring (bicyclic) bond motifs is 2. The van der Waals surface area contributed by atoms with E-state index in [1.165, 1.54) is 6.07 Å². The maximum absolute atomic E-state index is 16.1. The third kappa shape index (κ3) is 3.49. The summed E-state index contributed by atoms with van der Waals surface area (Å²) >= 11 is 0. The van der Waals surface area contributed by atoms with Gasteiger partial charge in [-0.3, -0.25) is 10.1 Å². The number of likely N-dealkylation sites (N-methyl/N-ethyl adjacent to an activating group) is 1. The summed E-state index contributed by atoms with van der Waals surface area (Å²) in [6.45, 7) is 6.40. The molecule has 2 heterocycles. The lowest BCUT2D eigenvalue weighted by Crippen LogP contribution is -2.60. The van der Waals surface area contributed by atoms with Gasteiger partial charge in [0.15, 0.2) is 0 Å². The van der Waals surface area contributed by atoms with Crippen LogP contribution in [0.2, 0.25) is 0 Å². The number of anilines is 1. The molecule has 0 bridgehead atoms. The van der Waals surface area contributed by atoms with E-state index < -0.39 is 17.2 Å². The van der Waals surface area contributed by atoms with Gasteiger partial charge >= 0.3 is 0 Å². The molecule has 4 aromatic rings. The fourth-order valence-electron chi connectivity index (χ4n) is 5.35. The van der Waals surface area contributed by atoms with E-state index in [2.05, 4.69) is 9.88 Å². The smallest absolute Gasteiger partial charge is 0.139 e. The van der Waals surface area contributed by atoms with E-state index in [9.17, 15) is 5.21 Å². The maximum atomic E-state index is 16.1. The van der Waals surface area contributed by atoms with Crippen molar-refractivity contribution in [2.24, 2.45) is 0 Å². The van der Waals surface area contributed by atoms with E-state index in [1.807, 2.05) is 76.5 Å². The predicted octanol–water partition coefficient (Wildman–Crippen LogP) is 6.45. The van der Waals surface area contributed by atoms with Crippen LogP contribution in [0.5, 0.6) is 0 Å². The van der Waals surface area contributed by atoms with Crippen LogP contribution in [-0.2, 0) is 13.0 Å². The van der Waals surface area contributed by atoms with Crippen LogP contribution in [0, 0.1) is 18.6 Å². The molecule has 0 fully saturated rings. The van der Waals surface area contributed by atoms with Crippen LogP contribution in [-0.4, -0.2) is 33.7 Å². The first kappa shape index (κ1) is 22.6. The van der Waals surface area contributed by atoms with Crippen molar-refractivity contribution in [1.82, 2.24) is 9.88 Å². The number of halogens is 2. The minimum absolute atomic E-state index is 0.0660. The zero-order valence-electron chi connectivity index (χ0n) is 19.9. The number of aromatic amines is 1. The zero-order chi connectivity index (χ0) is 24.2. The SMILES string of the molecule is Cc1c[nH]c2c(-c3c(F)cc4c(c3F)C[C@H](N(C)Cc3ccccc3)C(C)(C)N4O)cccc12. The van der Waals surface area contributed by atoms with E-state index in [0.29, 0.717) is 29.6 Å². The molecule has 5 rings (SSSR count). The minimum atomic E-state index is -0.756. The van der Waals surface area contributed by atoms with Gasteiger partial charge in [-0.2, -0.15) is 0 Å². The van der Waals surface area contributed by atoms with Crippen LogP contribution in [0.3, 0.4) is 0 Å². The number of aromatic nitrogens is 1. The third-order valence-corrected chi connectivity index (χ3v) is 7.28. The van der Waals surface area contributed by atoms with E-state index in [4.69, 9.17) is 0 Å². The Hall–Kier alpha value is -3.22. The highest BCUT2D eigenvalue weighted by Gasteiger charge is 2.44. The Morgan fingerprint density at radius 2 is 1.85 bits per heavy atom. The van der Waals surface area contributed by atoms with Crippen molar-refractivity contribution in [1.29, 1.82) is 0 Å². The molecule has 0 amide bonds. The average Bonchev–Trinajstić information content (AvgIpc) is 3.19. The number of nitrogens with zero attached hydrogens (tertiary/aromatic N) is 2. The Kier molecular flexibility index (Phi) is 5.46. The van der Waals surface area contributed by atoms with Gasteiger partial charge in [0.2, 0.25) is 0 Å². The van der Waals surface area contributed by atoms with Crippen molar-refractivity contribution in [3.05, 3.63) is 89.1 Å². The average molecular weight is 462 g/mol. The molecule has 1 aliphatic rings. The van der Waals surface area contributed by atoms with Crippen molar-refractivity contribution in [3.63, 3.8) is 0 Å². The predicted molar refractivity (Wildman–Crippen MR) is 132 cm³/mol. The maximum Gasteiger partial charge on any atom is 0.139 e. The molecule has 3 aromatic carbocycles. The van der Waals surface area contributed by atoms with Crippen LogP contribution >= 0.6 is 0 Å². The highest BCUT2D eigenvalue weighted by Crippen LogP contribution is 2.44. The topological polar surface area (TPSA) is 42.5 Å². The van der Waals surface area contributed by atoms with Crippen molar-refractivity contribution >= 4 is 16.6 Å². The summed E-state index contributed by atoms with van der Waals surface area (Å²) in [5, 5.41) is 13.1. The molecule has 0 saturated carbocycles. The molecule has 2 N–H and O–H groups in total. The fraction of sp³-hybridized carbons (Fsp3) is 0.286. The normalized spacial score (nSPS) is 17.4. The van der Waals surface area contributed by atoms with Gasteiger partial charge in [-0.05, 0) is 45.4 Å². The number of hydrogen-bond donors (Lipinski definition) is 2. The lowest BCUT2D eigenvalue weighted by atomic mass is 9.81. The number of H-pyrrole nitrogens is 1. The number of hydrogen-bond acceptors (Lipinski definition) is 3. The van der Waals surface area contributed by atoms with Gasteiger partial charge in [0.25, 0.3) is 0 Å². The van der Waals surface area contributed by atoms with Crippen molar-refractivity contribution < 1.29 is 14.0 Å². The molecule has 0 aliphatic carbocycles. The van der Waals surface area contributed by atoms with Gasteiger partial charge in [0.1, 0.15) is 11.6 Å². The summed E-state index contributed by atoms with van der Waals surface area (Å²) in [5.41, 5.74) is 3.01. The molecule has 1 atom stereocenters. The van der Waals surface area contributed by atoms with Crippen LogP contribution in [0.1, 0.15) is 30.5 Å². The minimum Gasteiger partial charge on any atom is -0.360 e. The lowest BCUT2D eigenvalue weighted by Gasteiger charge is -2.49. The van der Waals surface area contributed by atoms with Gasteiger partial charge in [-0.15, -0.1) is 0 Å². The Labute approximate surface area is 198 Å². The molecule has 34 heavy (non-hydrogen) atoms. The fourth-order valence-corrected chi connectivity index (χ4v) is 5.35. The number of hydroxylamine groups is 1. The molecule has 0 unspecified atom stereocenters. The highest BCUT2D eigenvalue weighted by molar-refractivity contribution is 5.96. The molecule has 0 radical (unpaired) electrons. The summed E-state index contributed by atoms with van der Waals surface area (Å²) in [6.07, 6.45) is 2.19. The number of rotatable bonds is 4.